The highest BCUT2D eigenvalue weighted by molar-refractivity contribution is 5.94. The summed E-state index contributed by atoms with van der Waals surface area (Å²) in [6.45, 7) is 3.23. The minimum absolute atomic E-state index is 0.112. The molecular weight excluding hydrogens is 426 g/mol. The quantitative estimate of drug-likeness (QED) is 0.533. The molecule has 6 heterocycles. The van der Waals surface area contributed by atoms with E-state index in [2.05, 4.69) is 25.9 Å². The number of anilines is 3. The standard InChI is InChI=1S/C22H23N7O4/c1-10-6-32-7-11-3-14(20(30)29(5-11)22-12-8-33-18(22)16(12)22)26-15-4-13(23-2)17-19(27-15)28(9-24-17)21(31)25-10/h3-5,9-10,12,16,18H,6-8H2,1-2H3,(H,25,31)(H2,23,26,27)/t10-,12+,16+,18?,22-/m1/s1. The van der Waals surface area contributed by atoms with E-state index in [0.717, 1.165) is 12.2 Å². The van der Waals surface area contributed by atoms with Gasteiger partial charge in [0.1, 0.15) is 23.3 Å². The normalized spacial score (nSPS) is 31.5. The first-order valence-corrected chi connectivity index (χ1v) is 11.1. The van der Waals surface area contributed by atoms with Crippen LogP contribution >= 0.6 is 0 Å². The molecule has 3 aliphatic heterocycles. The van der Waals surface area contributed by atoms with Crippen molar-refractivity contribution >= 4 is 34.4 Å². The van der Waals surface area contributed by atoms with E-state index in [1.165, 1.54) is 10.9 Å². The average Bonchev–Trinajstić information content (AvgIpc) is 3.30. The second-order valence-corrected chi connectivity index (χ2v) is 9.29. The smallest absolute Gasteiger partial charge is 0.328 e. The van der Waals surface area contributed by atoms with Gasteiger partial charge in [-0.05, 0) is 18.6 Å². The third-order valence-corrected chi connectivity index (χ3v) is 7.33. The Hall–Kier alpha value is -3.44. The maximum Gasteiger partial charge on any atom is 0.328 e. The molecule has 33 heavy (non-hydrogen) atoms. The van der Waals surface area contributed by atoms with Crippen molar-refractivity contribution in [1.82, 2.24) is 24.4 Å². The SMILES string of the molecule is CNc1cc2nc3c1ncn3C(=O)N[C@H](C)COCc1cc(c(=O)n([C@]34C5OC[C@H]3[C@@H]54)c1)N2. The zero-order valence-corrected chi connectivity index (χ0v) is 18.2. The molecule has 2 saturated heterocycles. The third-order valence-electron chi connectivity index (χ3n) is 7.33. The maximum absolute atomic E-state index is 13.5. The fourth-order valence-corrected chi connectivity index (χ4v) is 5.65. The van der Waals surface area contributed by atoms with E-state index < -0.39 is 0 Å². The number of imidazole rings is 1. The Bertz CT molecular complexity index is 1370. The molecule has 3 aromatic heterocycles. The van der Waals surface area contributed by atoms with Gasteiger partial charge in [-0.25, -0.2) is 19.3 Å². The number of pyridine rings is 2. The molecule has 0 spiro atoms. The minimum Gasteiger partial charge on any atom is -0.386 e. The number of hydrogen-bond acceptors (Lipinski definition) is 8. The van der Waals surface area contributed by atoms with Crippen LogP contribution in [0.5, 0.6) is 0 Å². The molecule has 4 fully saturated rings. The fourth-order valence-electron chi connectivity index (χ4n) is 5.65. The summed E-state index contributed by atoms with van der Waals surface area (Å²) >= 11 is 0. The molecule has 1 unspecified atom stereocenters. The summed E-state index contributed by atoms with van der Waals surface area (Å²) in [6, 6.07) is 3.02. The molecule has 0 aromatic carbocycles. The van der Waals surface area contributed by atoms with Gasteiger partial charge in [0.05, 0.1) is 43.2 Å². The number of hydrogen-bond donors (Lipinski definition) is 3. The van der Waals surface area contributed by atoms with E-state index in [-0.39, 0.29) is 29.3 Å². The number of carbonyl (C=O) groups is 1. The van der Waals surface area contributed by atoms with Crippen molar-refractivity contribution in [3.8, 4) is 0 Å². The summed E-state index contributed by atoms with van der Waals surface area (Å²) in [5.41, 5.74) is 2.63. The van der Waals surface area contributed by atoms with E-state index in [1.807, 2.05) is 23.8 Å². The Labute approximate surface area is 188 Å². The summed E-state index contributed by atoms with van der Waals surface area (Å²) in [6.07, 6.45) is 3.49. The number of nitrogens with zero attached hydrogens (tertiary/aromatic N) is 4. The van der Waals surface area contributed by atoms with Crippen molar-refractivity contribution < 1.29 is 14.3 Å². The molecule has 6 bridgehead atoms. The lowest BCUT2D eigenvalue weighted by Gasteiger charge is -2.19. The maximum atomic E-state index is 13.5. The van der Waals surface area contributed by atoms with Gasteiger partial charge >= 0.3 is 6.03 Å². The summed E-state index contributed by atoms with van der Waals surface area (Å²) in [4.78, 5) is 35.3. The minimum atomic E-state index is -0.346. The molecule has 3 N–H and O–H groups in total. The number of fused-ring (bicyclic) bond motifs is 4. The van der Waals surface area contributed by atoms with Crippen molar-refractivity contribution in [3.63, 3.8) is 0 Å². The molecule has 5 atom stereocenters. The van der Waals surface area contributed by atoms with E-state index >= 15 is 0 Å². The number of aromatic nitrogens is 4. The molecule has 3 aromatic rings. The van der Waals surface area contributed by atoms with Crippen LogP contribution in [0.25, 0.3) is 11.2 Å². The van der Waals surface area contributed by atoms with Gasteiger partial charge in [-0.2, -0.15) is 0 Å². The van der Waals surface area contributed by atoms with Crippen LogP contribution in [0.3, 0.4) is 0 Å². The van der Waals surface area contributed by atoms with Gasteiger partial charge in [0.25, 0.3) is 5.56 Å². The van der Waals surface area contributed by atoms with Crippen LogP contribution < -0.4 is 21.5 Å². The topological polar surface area (TPSA) is 124 Å². The molecule has 8 rings (SSSR count). The van der Waals surface area contributed by atoms with Gasteiger partial charge < -0.3 is 30.0 Å². The second kappa shape index (κ2) is 6.33. The molecule has 170 valence electrons. The van der Waals surface area contributed by atoms with Crippen molar-refractivity contribution in [2.75, 3.05) is 30.9 Å². The summed E-state index contributed by atoms with van der Waals surface area (Å²) < 4.78 is 14.9. The van der Waals surface area contributed by atoms with Gasteiger partial charge in [-0.15, -0.1) is 0 Å². The molecule has 2 aliphatic carbocycles. The lowest BCUT2D eigenvalue weighted by Crippen LogP contribution is -2.38. The van der Waals surface area contributed by atoms with Crippen LogP contribution in [-0.4, -0.2) is 57.5 Å². The zero-order valence-electron chi connectivity index (χ0n) is 18.2. The summed E-state index contributed by atoms with van der Waals surface area (Å²) in [5.74, 6) is 1.30. The van der Waals surface area contributed by atoms with Crippen LogP contribution in [0, 0.1) is 11.8 Å². The third kappa shape index (κ3) is 2.46. The fraction of sp³-hybridized carbons (Fsp3) is 0.455. The van der Waals surface area contributed by atoms with Crippen molar-refractivity contribution in [2.45, 2.75) is 31.2 Å². The first kappa shape index (κ1) is 19.1. The molecule has 2 saturated carbocycles. The van der Waals surface area contributed by atoms with Crippen LogP contribution in [-0.2, 0) is 21.6 Å². The number of amides is 1. The zero-order chi connectivity index (χ0) is 22.5. The highest BCUT2D eigenvalue weighted by Gasteiger charge is 2.93. The molecule has 11 nitrogen and oxygen atoms in total. The molecule has 11 heteroatoms. The molecule has 0 radical (unpaired) electrons. The van der Waals surface area contributed by atoms with E-state index in [9.17, 15) is 9.59 Å². The van der Waals surface area contributed by atoms with Crippen LogP contribution in [0.4, 0.5) is 22.0 Å². The Balaban J connectivity index is 1.39. The summed E-state index contributed by atoms with van der Waals surface area (Å²) in [5, 5.41) is 9.22. The van der Waals surface area contributed by atoms with Crippen LogP contribution in [0.1, 0.15) is 12.5 Å². The lowest BCUT2D eigenvalue weighted by atomic mass is 10.1. The van der Waals surface area contributed by atoms with Crippen LogP contribution in [0.15, 0.2) is 29.5 Å². The Kier molecular flexibility index (Phi) is 3.66. The van der Waals surface area contributed by atoms with Gasteiger partial charge in [0.15, 0.2) is 5.65 Å². The highest BCUT2D eigenvalue weighted by atomic mass is 16.5. The van der Waals surface area contributed by atoms with Gasteiger partial charge in [-0.1, -0.05) is 0 Å². The van der Waals surface area contributed by atoms with Crippen LogP contribution in [0.2, 0.25) is 0 Å². The van der Waals surface area contributed by atoms with Crippen molar-refractivity contribution in [3.05, 3.63) is 40.6 Å². The van der Waals surface area contributed by atoms with Gasteiger partial charge in [0, 0.05) is 31.1 Å². The number of nitrogens with one attached hydrogen (secondary N) is 3. The number of carbonyl (C=O) groups excluding carboxylic acids is 1. The Morgan fingerprint density at radius 1 is 1.27 bits per heavy atom. The van der Waals surface area contributed by atoms with Gasteiger partial charge in [0.2, 0.25) is 0 Å². The van der Waals surface area contributed by atoms with Crippen molar-refractivity contribution in [2.24, 2.45) is 11.8 Å². The molecule has 1 amide bonds. The highest BCUT2D eigenvalue weighted by Crippen LogP contribution is 2.82. The second-order valence-electron chi connectivity index (χ2n) is 9.29. The Morgan fingerprint density at radius 3 is 2.91 bits per heavy atom. The Morgan fingerprint density at radius 2 is 2.15 bits per heavy atom. The van der Waals surface area contributed by atoms with Crippen molar-refractivity contribution in [1.29, 1.82) is 0 Å². The first-order valence-electron chi connectivity index (χ1n) is 11.1. The first-order chi connectivity index (χ1) is 16.0. The van der Waals surface area contributed by atoms with E-state index in [4.69, 9.17) is 9.47 Å². The molecule has 5 aliphatic rings. The summed E-state index contributed by atoms with van der Waals surface area (Å²) in [7, 11) is 1.78. The van der Waals surface area contributed by atoms with Gasteiger partial charge in [-0.3, -0.25) is 4.79 Å². The molecular formula is C22H23N7O4. The number of ether oxygens (including phenoxy) is 2. The predicted molar refractivity (Wildman–Crippen MR) is 119 cm³/mol. The van der Waals surface area contributed by atoms with E-state index in [0.29, 0.717) is 53.4 Å². The lowest BCUT2D eigenvalue weighted by molar-refractivity contribution is 0.104. The largest absolute Gasteiger partial charge is 0.386 e. The number of rotatable bonds is 2. The average molecular weight is 449 g/mol. The predicted octanol–water partition coefficient (Wildman–Crippen LogP) is 1.21. The van der Waals surface area contributed by atoms with E-state index in [1.54, 1.807) is 13.1 Å². The monoisotopic (exact) mass is 449 g/mol.